The summed E-state index contributed by atoms with van der Waals surface area (Å²) in [6.45, 7) is 0.368. The Kier molecular flexibility index (Phi) is 3.79. The molecule has 0 saturated heterocycles. The lowest BCUT2D eigenvalue weighted by Crippen LogP contribution is -2.43. The molecular weight excluding hydrogens is 250 g/mol. The number of hydrogen-bond donors (Lipinski definition) is 2. The van der Waals surface area contributed by atoms with Crippen LogP contribution < -0.4 is 5.32 Å². The zero-order chi connectivity index (χ0) is 14.0. The van der Waals surface area contributed by atoms with E-state index in [0.717, 1.165) is 0 Å². The minimum absolute atomic E-state index is 0.0984. The van der Waals surface area contributed by atoms with Crippen LogP contribution in [0.5, 0.6) is 0 Å². The zero-order valence-corrected chi connectivity index (χ0v) is 11.9. The first-order valence-electron chi connectivity index (χ1n) is 7.70. The highest BCUT2D eigenvalue weighted by Gasteiger charge is 2.35. The molecule has 0 radical (unpaired) electrons. The number of carbonyl (C=O) groups is 1. The van der Waals surface area contributed by atoms with Crippen molar-refractivity contribution in [2.45, 2.75) is 50.5 Å². The van der Waals surface area contributed by atoms with Crippen molar-refractivity contribution >= 4 is 5.91 Å². The third-order valence-electron chi connectivity index (χ3n) is 4.72. The van der Waals surface area contributed by atoms with Gasteiger partial charge in [0.25, 0.3) is 0 Å². The average molecular weight is 273 g/mol. The number of carbonyl (C=O) groups excluding carboxylic acids is 1. The fourth-order valence-corrected chi connectivity index (χ4v) is 3.61. The van der Waals surface area contributed by atoms with Gasteiger partial charge in [0.05, 0.1) is 5.60 Å². The zero-order valence-electron chi connectivity index (χ0n) is 11.9. The molecule has 0 aromatic heterocycles. The van der Waals surface area contributed by atoms with E-state index in [1.807, 2.05) is 12.1 Å². The van der Waals surface area contributed by atoms with Crippen molar-refractivity contribution in [1.29, 1.82) is 0 Å². The molecule has 1 aromatic rings. The van der Waals surface area contributed by atoms with Crippen LogP contribution in [0.1, 0.15) is 43.2 Å². The van der Waals surface area contributed by atoms with Gasteiger partial charge in [-0.05, 0) is 29.9 Å². The fraction of sp³-hybridized carbons (Fsp3) is 0.588. The molecule has 3 rings (SSSR count). The van der Waals surface area contributed by atoms with E-state index in [-0.39, 0.29) is 5.91 Å². The van der Waals surface area contributed by atoms with Crippen molar-refractivity contribution in [2.24, 2.45) is 5.92 Å². The molecule has 108 valence electrons. The summed E-state index contributed by atoms with van der Waals surface area (Å²) in [6, 6.07) is 8.13. The summed E-state index contributed by atoms with van der Waals surface area (Å²) in [5.74, 6) is 0.659. The van der Waals surface area contributed by atoms with Crippen LogP contribution in [0.2, 0.25) is 0 Å². The Bertz CT molecular complexity index is 467. The van der Waals surface area contributed by atoms with Crippen LogP contribution in [0.25, 0.3) is 0 Å². The van der Waals surface area contributed by atoms with Crippen LogP contribution >= 0.6 is 0 Å². The number of rotatable bonds is 4. The van der Waals surface area contributed by atoms with Crippen LogP contribution in [-0.2, 0) is 17.6 Å². The highest BCUT2D eigenvalue weighted by Crippen LogP contribution is 2.30. The van der Waals surface area contributed by atoms with Gasteiger partial charge in [-0.1, -0.05) is 37.1 Å². The first-order valence-corrected chi connectivity index (χ1v) is 7.70. The topological polar surface area (TPSA) is 49.3 Å². The fourth-order valence-electron chi connectivity index (χ4n) is 3.61. The van der Waals surface area contributed by atoms with Gasteiger partial charge in [-0.25, -0.2) is 0 Å². The molecular formula is C17H23NO2. The minimum atomic E-state index is -0.797. The standard InChI is InChI=1S/C17H23NO2/c19-16(9-13-5-1-2-6-13)18-12-17(20)10-14-7-3-4-8-15(14)11-17/h3-4,7-8,13,20H,1-2,5-6,9-12H2,(H,18,19). The van der Waals surface area contributed by atoms with E-state index in [1.54, 1.807) is 0 Å². The Morgan fingerprint density at radius 1 is 1.20 bits per heavy atom. The molecule has 0 unspecified atom stereocenters. The quantitative estimate of drug-likeness (QED) is 0.883. The number of amides is 1. The summed E-state index contributed by atoms with van der Waals surface area (Å²) >= 11 is 0. The number of aliphatic hydroxyl groups is 1. The van der Waals surface area contributed by atoms with Gasteiger partial charge in [0.15, 0.2) is 0 Å². The van der Waals surface area contributed by atoms with Crippen LogP contribution in [0.15, 0.2) is 24.3 Å². The highest BCUT2D eigenvalue weighted by atomic mass is 16.3. The van der Waals surface area contributed by atoms with Crippen LogP contribution in [0.3, 0.4) is 0 Å². The maximum atomic E-state index is 11.9. The van der Waals surface area contributed by atoms with E-state index in [2.05, 4.69) is 17.4 Å². The second-order valence-electron chi connectivity index (χ2n) is 6.48. The first-order chi connectivity index (χ1) is 9.65. The molecule has 1 fully saturated rings. The maximum Gasteiger partial charge on any atom is 0.220 e. The first kappa shape index (κ1) is 13.6. The largest absolute Gasteiger partial charge is 0.387 e. The molecule has 0 bridgehead atoms. The predicted octanol–water partition coefficient (Wildman–Crippen LogP) is 2.21. The van der Waals surface area contributed by atoms with Crippen LogP contribution in [0.4, 0.5) is 0 Å². The van der Waals surface area contributed by atoms with Gasteiger partial charge in [-0.2, -0.15) is 0 Å². The van der Waals surface area contributed by atoms with Crippen molar-refractivity contribution in [1.82, 2.24) is 5.32 Å². The Morgan fingerprint density at radius 2 is 1.80 bits per heavy atom. The van der Waals surface area contributed by atoms with Crippen LogP contribution in [-0.4, -0.2) is 23.2 Å². The Labute approximate surface area is 120 Å². The highest BCUT2D eigenvalue weighted by molar-refractivity contribution is 5.76. The van der Waals surface area contributed by atoms with Gasteiger partial charge in [0.2, 0.25) is 5.91 Å². The number of benzene rings is 1. The lowest BCUT2D eigenvalue weighted by atomic mass is 9.99. The average Bonchev–Trinajstić information content (AvgIpc) is 3.03. The second kappa shape index (κ2) is 5.57. The summed E-state index contributed by atoms with van der Waals surface area (Å²) in [6.07, 6.45) is 6.81. The molecule has 20 heavy (non-hydrogen) atoms. The molecule has 0 spiro atoms. The molecule has 2 N–H and O–H groups in total. The molecule has 3 heteroatoms. The van der Waals surface area contributed by atoms with Gasteiger partial charge in [-0.3, -0.25) is 4.79 Å². The van der Waals surface area contributed by atoms with E-state index < -0.39 is 5.60 Å². The number of hydrogen-bond acceptors (Lipinski definition) is 2. The Balaban J connectivity index is 1.50. The van der Waals surface area contributed by atoms with Crippen molar-refractivity contribution in [3.63, 3.8) is 0 Å². The van der Waals surface area contributed by atoms with E-state index in [0.29, 0.717) is 31.7 Å². The van der Waals surface area contributed by atoms with Gasteiger partial charge in [0.1, 0.15) is 0 Å². The molecule has 0 atom stereocenters. The summed E-state index contributed by atoms with van der Waals surface area (Å²) in [5.41, 5.74) is 1.62. The SMILES string of the molecule is O=C(CC1CCCC1)NCC1(O)Cc2ccccc2C1. The summed E-state index contributed by atoms with van der Waals surface area (Å²) < 4.78 is 0. The van der Waals surface area contributed by atoms with E-state index in [9.17, 15) is 9.90 Å². The number of fused-ring (bicyclic) bond motifs is 1. The lowest BCUT2D eigenvalue weighted by Gasteiger charge is -2.23. The molecule has 1 amide bonds. The monoisotopic (exact) mass is 273 g/mol. The summed E-state index contributed by atoms with van der Waals surface area (Å²) in [4.78, 5) is 11.9. The van der Waals surface area contributed by atoms with Crippen molar-refractivity contribution in [2.75, 3.05) is 6.54 Å². The molecule has 3 nitrogen and oxygen atoms in total. The van der Waals surface area contributed by atoms with E-state index >= 15 is 0 Å². The molecule has 0 aliphatic heterocycles. The van der Waals surface area contributed by atoms with Crippen molar-refractivity contribution < 1.29 is 9.90 Å². The van der Waals surface area contributed by atoms with Gasteiger partial charge in [-0.15, -0.1) is 0 Å². The van der Waals surface area contributed by atoms with Gasteiger partial charge < -0.3 is 10.4 Å². The van der Waals surface area contributed by atoms with E-state index in [1.165, 1.54) is 36.8 Å². The van der Waals surface area contributed by atoms with Gasteiger partial charge in [0, 0.05) is 25.8 Å². The molecule has 1 aromatic carbocycles. The van der Waals surface area contributed by atoms with Crippen molar-refractivity contribution in [3.8, 4) is 0 Å². The smallest absolute Gasteiger partial charge is 0.220 e. The summed E-state index contributed by atoms with van der Waals surface area (Å²) in [7, 11) is 0. The minimum Gasteiger partial charge on any atom is -0.387 e. The third kappa shape index (κ3) is 3.04. The number of nitrogens with one attached hydrogen (secondary N) is 1. The van der Waals surface area contributed by atoms with Crippen LogP contribution in [0, 0.1) is 5.92 Å². The normalized spacial score (nSPS) is 20.9. The molecule has 2 aliphatic rings. The molecule has 1 saturated carbocycles. The van der Waals surface area contributed by atoms with E-state index in [4.69, 9.17) is 0 Å². The van der Waals surface area contributed by atoms with Crippen molar-refractivity contribution in [3.05, 3.63) is 35.4 Å². The lowest BCUT2D eigenvalue weighted by molar-refractivity contribution is -0.123. The molecule has 2 aliphatic carbocycles. The third-order valence-corrected chi connectivity index (χ3v) is 4.72. The predicted molar refractivity (Wildman–Crippen MR) is 78.4 cm³/mol. The molecule has 0 heterocycles. The summed E-state index contributed by atoms with van der Waals surface area (Å²) in [5, 5.41) is 13.5. The Hall–Kier alpha value is -1.35. The second-order valence-corrected chi connectivity index (χ2v) is 6.48. The maximum absolute atomic E-state index is 11.9. The van der Waals surface area contributed by atoms with Gasteiger partial charge >= 0.3 is 0 Å². The Morgan fingerprint density at radius 3 is 2.40 bits per heavy atom.